The molecule has 0 spiro atoms. The van der Waals surface area contributed by atoms with Crippen LogP contribution in [0.5, 0.6) is 5.75 Å². The zero-order valence-corrected chi connectivity index (χ0v) is 17.9. The molecular weight excluding hydrogens is 374 g/mol. The zero-order chi connectivity index (χ0) is 21.5. The maximum Gasteiger partial charge on any atom is 0.225 e. The molecule has 5 nitrogen and oxygen atoms in total. The molecular formula is C25H31N3O2. The minimum atomic E-state index is 0.00828. The van der Waals surface area contributed by atoms with Crippen molar-refractivity contribution in [3.8, 4) is 5.75 Å². The molecule has 0 saturated heterocycles. The molecule has 0 aliphatic carbocycles. The van der Waals surface area contributed by atoms with E-state index in [0.717, 1.165) is 35.0 Å². The van der Waals surface area contributed by atoms with Crippen LogP contribution in [-0.4, -0.2) is 34.0 Å². The third-order valence-electron chi connectivity index (χ3n) is 5.76. The SMILES string of the molecule is CCC(C)C(CC(=O)NC=Cc1c[nH]c2ccccc12)N(C)Cc1ccc(O)cc1. The van der Waals surface area contributed by atoms with E-state index in [-0.39, 0.29) is 17.7 Å². The number of phenols is 1. The molecule has 0 aliphatic rings. The number of phenolic OH excluding ortho intramolecular Hbond substituents is 1. The predicted octanol–water partition coefficient (Wildman–Crippen LogP) is 4.90. The van der Waals surface area contributed by atoms with Gasteiger partial charge >= 0.3 is 0 Å². The highest BCUT2D eigenvalue weighted by atomic mass is 16.3. The Morgan fingerprint density at radius 3 is 2.67 bits per heavy atom. The van der Waals surface area contributed by atoms with Crippen molar-refractivity contribution in [3.63, 3.8) is 0 Å². The van der Waals surface area contributed by atoms with Crippen LogP contribution in [0.3, 0.4) is 0 Å². The van der Waals surface area contributed by atoms with E-state index in [2.05, 4.69) is 42.2 Å². The van der Waals surface area contributed by atoms with Crippen LogP contribution in [0.1, 0.15) is 37.8 Å². The van der Waals surface area contributed by atoms with Gasteiger partial charge in [-0.2, -0.15) is 0 Å². The number of amides is 1. The summed E-state index contributed by atoms with van der Waals surface area (Å²) in [5, 5.41) is 13.5. The van der Waals surface area contributed by atoms with Crippen LogP contribution >= 0.6 is 0 Å². The van der Waals surface area contributed by atoms with Crippen molar-refractivity contribution in [2.24, 2.45) is 5.92 Å². The van der Waals surface area contributed by atoms with Gasteiger partial charge in [0.2, 0.25) is 5.91 Å². The van der Waals surface area contributed by atoms with E-state index < -0.39 is 0 Å². The number of hydrogen-bond acceptors (Lipinski definition) is 3. The van der Waals surface area contributed by atoms with Crippen LogP contribution in [0, 0.1) is 5.92 Å². The number of nitrogens with one attached hydrogen (secondary N) is 2. The number of H-pyrrole nitrogens is 1. The molecule has 1 amide bonds. The fraction of sp³-hybridized carbons (Fsp3) is 0.320. The number of carbonyl (C=O) groups is 1. The van der Waals surface area contributed by atoms with Crippen molar-refractivity contribution in [1.82, 2.24) is 15.2 Å². The van der Waals surface area contributed by atoms with E-state index >= 15 is 0 Å². The molecule has 3 aromatic rings. The highest BCUT2D eigenvalue weighted by molar-refractivity contribution is 5.89. The highest BCUT2D eigenvalue weighted by Gasteiger charge is 2.23. The van der Waals surface area contributed by atoms with Gasteiger partial charge < -0.3 is 15.4 Å². The first-order valence-electron chi connectivity index (χ1n) is 10.5. The number of fused-ring (bicyclic) bond motifs is 1. The fourth-order valence-electron chi connectivity index (χ4n) is 3.78. The maximum atomic E-state index is 12.6. The number of aromatic nitrogens is 1. The zero-order valence-electron chi connectivity index (χ0n) is 17.9. The molecule has 0 saturated carbocycles. The lowest BCUT2D eigenvalue weighted by Crippen LogP contribution is -2.40. The lowest BCUT2D eigenvalue weighted by molar-refractivity contribution is -0.121. The molecule has 2 unspecified atom stereocenters. The number of carbonyl (C=O) groups excluding carboxylic acids is 1. The van der Waals surface area contributed by atoms with Crippen molar-refractivity contribution in [1.29, 1.82) is 0 Å². The predicted molar refractivity (Wildman–Crippen MR) is 123 cm³/mol. The molecule has 3 rings (SSSR count). The van der Waals surface area contributed by atoms with Gasteiger partial charge in [0.15, 0.2) is 0 Å². The monoisotopic (exact) mass is 405 g/mol. The smallest absolute Gasteiger partial charge is 0.225 e. The summed E-state index contributed by atoms with van der Waals surface area (Å²) in [6, 6.07) is 15.5. The number of hydrogen-bond donors (Lipinski definition) is 3. The second-order valence-corrected chi connectivity index (χ2v) is 7.93. The van der Waals surface area contributed by atoms with Crippen LogP contribution < -0.4 is 5.32 Å². The van der Waals surface area contributed by atoms with E-state index in [1.54, 1.807) is 18.3 Å². The molecule has 0 aliphatic heterocycles. The van der Waals surface area contributed by atoms with Crippen LogP contribution in [0.25, 0.3) is 17.0 Å². The van der Waals surface area contributed by atoms with Gasteiger partial charge in [-0.05, 0) is 42.8 Å². The summed E-state index contributed by atoms with van der Waals surface area (Å²) in [6.07, 6.45) is 7.03. The number of para-hydroxylation sites is 1. The average Bonchev–Trinajstić information content (AvgIpc) is 3.16. The first-order chi connectivity index (χ1) is 14.5. The van der Waals surface area contributed by atoms with Crippen molar-refractivity contribution in [2.45, 2.75) is 39.3 Å². The van der Waals surface area contributed by atoms with Gasteiger partial charge in [-0.25, -0.2) is 0 Å². The van der Waals surface area contributed by atoms with E-state index in [9.17, 15) is 9.90 Å². The Bertz CT molecular complexity index is 991. The summed E-state index contributed by atoms with van der Waals surface area (Å²) in [4.78, 5) is 18.1. The van der Waals surface area contributed by atoms with Gasteiger partial charge in [-0.3, -0.25) is 9.69 Å². The van der Waals surface area contributed by atoms with Crippen molar-refractivity contribution < 1.29 is 9.90 Å². The van der Waals surface area contributed by atoms with Crippen LogP contribution in [0.4, 0.5) is 0 Å². The molecule has 3 N–H and O–H groups in total. The standard InChI is InChI=1S/C25H31N3O2/c1-4-18(2)24(28(3)17-19-9-11-21(29)12-10-19)15-25(30)26-14-13-20-16-27-23-8-6-5-7-22(20)23/h5-14,16,18,24,27,29H,4,15,17H2,1-3H3,(H,26,30). The van der Waals surface area contributed by atoms with Gasteiger partial charge in [-0.15, -0.1) is 0 Å². The normalized spacial score (nSPS) is 13.7. The third kappa shape index (κ3) is 5.51. The van der Waals surface area contributed by atoms with Crippen LogP contribution in [0.15, 0.2) is 60.9 Å². The quantitative estimate of drug-likeness (QED) is 0.474. The summed E-state index contributed by atoms with van der Waals surface area (Å²) in [5.74, 6) is 0.658. The first kappa shape index (κ1) is 21.7. The number of benzene rings is 2. The van der Waals surface area contributed by atoms with Crippen molar-refractivity contribution in [3.05, 3.63) is 72.1 Å². The molecule has 0 radical (unpaired) electrons. The highest BCUT2D eigenvalue weighted by Crippen LogP contribution is 2.21. The Morgan fingerprint density at radius 2 is 1.93 bits per heavy atom. The summed E-state index contributed by atoms with van der Waals surface area (Å²) < 4.78 is 0. The first-order valence-corrected chi connectivity index (χ1v) is 10.5. The fourth-order valence-corrected chi connectivity index (χ4v) is 3.78. The Kier molecular flexibility index (Phi) is 7.31. The minimum absolute atomic E-state index is 0.00828. The molecule has 0 fully saturated rings. The summed E-state index contributed by atoms with van der Waals surface area (Å²) in [7, 11) is 2.05. The molecule has 0 bridgehead atoms. The summed E-state index contributed by atoms with van der Waals surface area (Å²) >= 11 is 0. The molecule has 1 heterocycles. The van der Waals surface area contributed by atoms with Gasteiger partial charge in [0.1, 0.15) is 5.75 Å². The number of rotatable bonds is 9. The molecule has 2 atom stereocenters. The Balaban J connectivity index is 1.61. The lowest BCUT2D eigenvalue weighted by Gasteiger charge is -2.32. The Morgan fingerprint density at radius 1 is 1.20 bits per heavy atom. The molecule has 2 aromatic carbocycles. The van der Waals surface area contributed by atoms with E-state index in [1.807, 2.05) is 42.6 Å². The number of aromatic amines is 1. The van der Waals surface area contributed by atoms with E-state index in [1.165, 1.54) is 0 Å². The second kappa shape index (κ2) is 10.1. The average molecular weight is 406 g/mol. The van der Waals surface area contributed by atoms with Crippen LogP contribution in [-0.2, 0) is 11.3 Å². The minimum Gasteiger partial charge on any atom is -0.508 e. The van der Waals surface area contributed by atoms with Crippen molar-refractivity contribution >= 4 is 22.9 Å². The van der Waals surface area contributed by atoms with Crippen LogP contribution in [0.2, 0.25) is 0 Å². The molecule has 158 valence electrons. The van der Waals surface area contributed by atoms with E-state index in [4.69, 9.17) is 0 Å². The molecule has 30 heavy (non-hydrogen) atoms. The lowest BCUT2D eigenvalue weighted by atomic mass is 9.94. The maximum absolute atomic E-state index is 12.6. The third-order valence-corrected chi connectivity index (χ3v) is 5.76. The summed E-state index contributed by atoms with van der Waals surface area (Å²) in [5.41, 5.74) is 3.24. The number of nitrogens with zero attached hydrogens (tertiary/aromatic N) is 1. The molecule has 5 heteroatoms. The van der Waals surface area contributed by atoms with Gasteiger partial charge in [0.25, 0.3) is 0 Å². The van der Waals surface area contributed by atoms with Gasteiger partial charge in [-0.1, -0.05) is 50.6 Å². The summed E-state index contributed by atoms with van der Waals surface area (Å²) in [6.45, 7) is 5.07. The van der Waals surface area contributed by atoms with Gasteiger partial charge in [0.05, 0.1) is 0 Å². The Labute approximate surface area is 178 Å². The van der Waals surface area contributed by atoms with Crippen molar-refractivity contribution in [2.75, 3.05) is 7.05 Å². The Hall–Kier alpha value is -3.05. The second-order valence-electron chi connectivity index (χ2n) is 7.93. The molecule has 1 aromatic heterocycles. The van der Waals surface area contributed by atoms with E-state index in [0.29, 0.717) is 12.3 Å². The number of aromatic hydroxyl groups is 1. The largest absolute Gasteiger partial charge is 0.508 e. The topological polar surface area (TPSA) is 68.4 Å². The van der Waals surface area contributed by atoms with Gasteiger partial charge in [0, 0.05) is 47.9 Å².